The summed E-state index contributed by atoms with van der Waals surface area (Å²) in [7, 11) is 0. The number of carbonyl (C=O) groups excluding carboxylic acids is 1. The average molecular weight is 319 g/mol. The number of anilines is 1. The maximum absolute atomic E-state index is 12.2. The van der Waals surface area contributed by atoms with Crippen molar-refractivity contribution in [3.05, 3.63) is 60.3 Å². The third kappa shape index (κ3) is 3.01. The molecule has 0 aliphatic heterocycles. The van der Waals surface area contributed by atoms with Crippen LogP contribution in [0.25, 0.3) is 10.9 Å². The van der Waals surface area contributed by atoms with Gasteiger partial charge in [-0.3, -0.25) is 4.79 Å². The van der Waals surface area contributed by atoms with E-state index in [-0.39, 0.29) is 5.91 Å². The number of hydrogen-bond acceptors (Lipinski definition) is 4. The minimum Gasteiger partial charge on any atom is -0.455 e. The van der Waals surface area contributed by atoms with Gasteiger partial charge in [-0.1, -0.05) is 18.2 Å². The van der Waals surface area contributed by atoms with E-state index in [0.717, 1.165) is 18.2 Å². The summed E-state index contributed by atoms with van der Waals surface area (Å²) < 4.78 is 5.93. The molecule has 1 heterocycles. The third-order valence-electron chi connectivity index (χ3n) is 3.94. The number of benzene rings is 2. The summed E-state index contributed by atoms with van der Waals surface area (Å²) in [6.07, 6.45) is 2.09. The number of hydrogen-bond donors (Lipinski definition) is 2. The minimum absolute atomic E-state index is 0.137. The van der Waals surface area contributed by atoms with Crippen molar-refractivity contribution in [3.63, 3.8) is 0 Å². The molecule has 1 amide bonds. The third-order valence-corrected chi connectivity index (χ3v) is 3.94. The van der Waals surface area contributed by atoms with Crippen LogP contribution in [0.2, 0.25) is 0 Å². The number of pyridine rings is 1. The number of rotatable bonds is 4. The molecule has 0 bridgehead atoms. The fourth-order valence-corrected chi connectivity index (χ4v) is 2.48. The molecular weight excluding hydrogens is 302 g/mol. The van der Waals surface area contributed by atoms with Crippen molar-refractivity contribution in [3.8, 4) is 11.5 Å². The zero-order valence-corrected chi connectivity index (χ0v) is 13.0. The van der Waals surface area contributed by atoms with E-state index in [1.54, 1.807) is 30.3 Å². The van der Waals surface area contributed by atoms with Crippen molar-refractivity contribution in [2.75, 3.05) is 5.73 Å². The number of carbonyl (C=O) groups is 1. The van der Waals surface area contributed by atoms with Crippen molar-refractivity contribution in [2.24, 2.45) is 0 Å². The van der Waals surface area contributed by atoms with Gasteiger partial charge in [-0.2, -0.15) is 0 Å². The summed E-state index contributed by atoms with van der Waals surface area (Å²) in [5.41, 5.74) is 7.44. The maximum Gasteiger partial charge on any atom is 0.270 e. The number of aromatic nitrogens is 1. The van der Waals surface area contributed by atoms with E-state index in [0.29, 0.717) is 34.4 Å². The van der Waals surface area contributed by atoms with Gasteiger partial charge in [0, 0.05) is 17.1 Å². The van der Waals surface area contributed by atoms with Gasteiger partial charge in [0.2, 0.25) is 0 Å². The zero-order chi connectivity index (χ0) is 16.5. The lowest BCUT2D eigenvalue weighted by Crippen LogP contribution is -2.26. The molecule has 24 heavy (non-hydrogen) atoms. The molecule has 1 aliphatic rings. The molecule has 4 rings (SSSR count). The monoisotopic (exact) mass is 319 g/mol. The highest BCUT2D eigenvalue weighted by Gasteiger charge is 2.24. The molecule has 0 atom stereocenters. The van der Waals surface area contributed by atoms with Gasteiger partial charge in [-0.25, -0.2) is 4.98 Å². The predicted molar refractivity (Wildman–Crippen MR) is 93.2 cm³/mol. The molecule has 5 nitrogen and oxygen atoms in total. The molecule has 1 saturated carbocycles. The Morgan fingerprint density at radius 3 is 2.62 bits per heavy atom. The molecule has 0 spiro atoms. The summed E-state index contributed by atoms with van der Waals surface area (Å²) in [4.78, 5) is 16.7. The number of nitrogens with one attached hydrogen (secondary N) is 1. The Bertz CT molecular complexity index is 902. The van der Waals surface area contributed by atoms with Crippen LogP contribution in [0.1, 0.15) is 23.3 Å². The highest BCUT2D eigenvalue weighted by atomic mass is 16.5. The molecule has 1 fully saturated rings. The van der Waals surface area contributed by atoms with Crippen LogP contribution in [0.15, 0.2) is 54.6 Å². The van der Waals surface area contributed by atoms with Crippen LogP contribution in [-0.2, 0) is 0 Å². The van der Waals surface area contributed by atoms with E-state index in [1.807, 2.05) is 24.3 Å². The van der Waals surface area contributed by atoms with Crippen molar-refractivity contribution >= 4 is 22.5 Å². The molecule has 1 aliphatic carbocycles. The lowest BCUT2D eigenvalue weighted by molar-refractivity contribution is 0.0946. The van der Waals surface area contributed by atoms with E-state index in [4.69, 9.17) is 10.5 Å². The maximum atomic E-state index is 12.2. The van der Waals surface area contributed by atoms with Gasteiger partial charge in [0.25, 0.3) is 5.91 Å². The largest absolute Gasteiger partial charge is 0.455 e. The molecule has 0 saturated heterocycles. The minimum atomic E-state index is -0.137. The first kappa shape index (κ1) is 14.5. The molecule has 120 valence electrons. The van der Waals surface area contributed by atoms with Gasteiger partial charge >= 0.3 is 0 Å². The number of ether oxygens (including phenoxy) is 1. The number of nitrogens with two attached hydrogens (primary N) is 1. The fourth-order valence-electron chi connectivity index (χ4n) is 2.48. The Hall–Kier alpha value is -3.08. The first-order valence-electron chi connectivity index (χ1n) is 7.93. The SMILES string of the molecule is Nc1ccc(Oc2cccc3ccc(C(=O)NC4CC4)nc23)cc1. The van der Waals surface area contributed by atoms with E-state index >= 15 is 0 Å². The van der Waals surface area contributed by atoms with E-state index < -0.39 is 0 Å². The Morgan fingerprint density at radius 1 is 1.08 bits per heavy atom. The molecule has 0 unspecified atom stereocenters. The van der Waals surface area contributed by atoms with Gasteiger partial charge in [0.15, 0.2) is 5.75 Å². The predicted octanol–water partition coefficient (Wildman–Crippen LogP) is 3.50. The van der Waals surface area contributed by atoms with Crippen molar-refractivity contribution in [1.82, 2.24) is 10.3 Å². The topological polar surface area (TPSA) is 77.2 Å². The average Bonchev–Trinajstić information content (AvgIpc) is 3.41. The second-order valence-electron chi connectivity index (χ2n) is 5.94. The Balaban J connectivity index is 1.68. The molecule has 1 aromatic heterocycles. The summed E-state index contributed by atoms with van der Waals surface area (Å²) in [6.45, 7) is 0. The summed E-state index contributed by atoms with van der Waals surface area (Å²) in [6, 6.07) is 16.8. The van der Waals surface area contributed by atoms with Crippen molar-refractivity contribution in [1.29, 1.82) is 0 Å². The van der Waals surface area contributed by atoms with E-state index in [2.05, 4.69) is 10.3 Å². The number of para-hydroxylation sites is 1. The Labute approximate surface area is 139 Å². The van der Waals surface area contributed by atoms with Crippen molar-refractivity contribution in [2.45, 2.75) is 18.9 Å². The molecule has 3 N–H and O–H groups in total. The van der Waals surface area contributed by atoms with E-state index in [9.17, 15) is 4.79 Å². The smallest absolute Gasteiger partial charge is 0.270 e. The van der Waals surface area contributed by atoms with Gasteiger partial charge < -0.3 is 15.8 Å². The van der Waals surface area contributed by atoms with E-state index in [1.165, 1.54) is 0 Å². The van der Waals surface area contributed by atoms with Crippen LogP contribution in [0.4, 0.5) is 5.69 Å². The summed E-state index contributed by atoms with van der Waals surface area (Å²) in [5.74, 6) is 1.14. The number of nitrogens with zero attached hydrogens (tertiary/aromatic N) is 1. The number of nitrogen functional groups attached to an aromatic ring is 1. The normalized spacial score (nSPS) is 13.7. The first-order valence-corrected chi connectivity index (χ1v) is 7.93. The fraction of sp³-hybridized carbons (Fsp3) is 0.158. The number of amides is 1. The van der Waals surface area contributed by atoms with Gasteiger partial charge in [0.05, 0.1) is 0 Å². The van der Waals surface area contributed by atoms with Crippen LogP contribution in [0.5, 0.6) is 11.5 Å². The molecule has 5 heteroatoms. The van der Waals surface area contributed by atoms with Crippen LogP contribution in [0, 0.1) is 0 Å². The quantitative estimate of drug-likeness (QED) is 0.722. The molecular formula is C19H17N3O2. The Morgan fingerprint density at radius 2 is 1.88 bits per heavy atom. The molecule has 3 aromatic rings. The molecule has 2 aromatic carbocycles. The summed E-state index contributed by atoms with van der Waals surface area (Å²) >= 11 is 0. The van der Waals surface area contributed by atoms with Crippen LogP contribution in [0.3, 0.4) is 0 Å². The molecule has 0 radical (unpaired) electrons. The Kier molecular flexibility index (Phi) is 3.54. The van der Waals surface area contributed by atoms with Crippen LogP contribution < -0.4 is 15.8 Å². The second-order valence-corrected chi connectivity index (χ2v) is 5.94. The highest BCUT2D eigenvalue weighted by molar-refractivity contribution is 5.96. The highest BCUT2D eigenvalue weighted by Crippen LogP contribution is 2.29. The lowest BCUT2D eigenvalue weighted by Gasteiger charge is -2.10. The van der Waals surface area contributed by atoms with Crippen LogP contribution >= 0.6 is 0 Å². The van der Waals surface area contributed by atoms with Crippen molar-refractivity contribution < 1.29 is 9.53 Å². The van der Waals surface area contributed by atoms with Gasteiger partial charge in [-0.15, -0.1) is 0 Å². The summed E-state index contributed by atoms with van der Waals surface area (Å²) in [5, 5.41) is 3.88. The number of fused-ring (bicyclic) bond motifs is 1. The lowest BCUT2D eigenvalue weighted by atomic mass is 10.2. The van der Waals surface area contributed by atoms with Gasteiger partial charge in [-0.05, 0) is 49.2 Å². The first-order chi connectivity index (χ1) is 11.7. The second kappa shape index (κ2) is 5.85. The van der Waals surface area contributed by atoms with Gasteiger partial charge in [0.1, 0.15) is 17.0 Å². The van der Waals surface area contributed by atoms with Crippen LogP contribution in [-0.4, -0.2) is 16.9 Å². The zero-order valence-electron chi connectivity index (χ0n) is 13.0. The standard InChI is InChI=1S/C19H17N3O2/c20-13-5-9-15(10-6-13)24-17-3-1-2-12-4-11-16(22-18(12)17)19(23)21-14-7-8-14/h1-6,9-11,14H,7-8,20H2,(H,21,23).